The van der Waals surface area contributed by atoms with Crippen LogP contribution in [0.1, 0.15) is 47.7 Å². The number of carbonyl (C=O) groups is 2. The molecule has 2 aromatic rings. The summed E-state index contributed by atoms with van der Waals surface area (Å²) >= 11 is 1.62. The van der Waals surface area contributed by atoms with Gasteiger partial charge in [-0.3, -0.25) is 14.5 Å². The Hall–Kier alpha value is -2.27. The molecule has 1 aliphatic carbocycles. The molecule has 146 valence electrons. The van der Waals surface area contributed by atoms with Crippen LogP contribution in [0.4, 0.5) is 11.4 Å². The number of anilines is 2. The van der Waals surface area contributed by atoms with Crippen LogP contribution in [-0.2, 0) is 9.59 Å². The summed E-state index contributed by atoms with van der Waals surface area (Å²) in [6, 6.07) is 14.1. The Bertz CT molecular complexity index is 905. The van der Waals surface area contributed by atoms with Crippen LogP contribution in [0.2, 0.25) is 0 Å². The van der Waals surface area contributed by atoms with Crippen molar-refractivity contribution in [3.63, 3.8) is 0 Å². The fourth-order valence-corrected chi connectivity index (χ4v) is 5.44. The van der Waals surface area contributed by atoms with E-state index >= 15 is 0 Å². The molecule has 1 saturated carbocycles. The average Bonchev–Trinajstić information content (AvgIpc) is 3.33. The van der Waals surface area contributed by atoms with Gasteiger partial charge in [-0.15, -0.1) is 11.8 Å². The van der Waals surface area contributed by atoms with Crippen LogP contribution in [0.25, 0.3) is 0 Å². The van der Waals surface area contributed by atoms with Crippen LogP contribution < -0.4 is 10.2 Å². The van der Waals surface area contributed by atoms with Gasteiger partial charge in [0.15, 0.2) is 0 Å². The summed E-state index contributed by atoms with van der Waals surface area (Å²) in [5.74, 6) is 0.778. The lowest BCUT2D eigenvalue weighted by Gasteiger charge is -2.28. The molecule has 1 heterocycles. The first kappa shape index (κ1) is 19.1. The molecule has 1 aliphatic heterocycles. The Balaban J connectivity index is 1.66. The largest absolute Gasteiger partial charge is 0.325 e. The molecule has 28 heavy (non-hydrogen) atoms. The highest BCUT2D eigenvalue weighted by molar-refractivity contribution is 8.00. The Kier molecular flexibility index (Phi) is 5.44. The molecular weight excluding hydrogens is 368 g/mol. The molecule has 2 aromatic carbocycles. The lowest BCUT2D eigenvalue weighted by atomic mass is 10.1. The summed E-state index contributed by atoms with van der Waals surface area (Å²) in [6.07, 6.45) is 4.21. The molecule has 0 radical (unpaired) electrons. The molecule has 2 aliphatic rings. The van der Waals surface area contributed by atoms with Gasteiger partial charge in [-0.2, -0.15) is 0 Å². The van der Waals surface area contributed by atoms with E-state index in [1.54, 1.807) is 11.8 Å². The van der Waals surface area contributed by atoms with Gasteiger partial charge in [0.25, 0.3) is 0 Å². The smallest absolute Gasteiger partial charge is 0.238 e. The van der Waals surface area contributed by atoms with E-state index in [-0.39, 0.29) is 23.1 Å². The minimum absolute atomic E-state index is 0.109. The van der Waals surface area contributed by atoms with Crippen LogP contribution in [0, 0.1) is 19.8 Å². The number of nitrogens with zero attached hydrogens (tertiary/aromatic N) is 1. The van der Waals surface area contributed by atoms with Gasteiger partial charge in [0.05, 0.1) is 5.75 Å². The molecule has 0 bridgehead atoms. The number of nitrogens with one attached hydrogen (secondary N) is 1. The predicted molar refractivity (Wildman–Crippen MR) is 116 cm³/mol. The number of thioether (sulfide) groups is 1. The second kappa shape index (κ2) is 8.00. The van der Waals surface area contributed by atoms with Crippen molar-refractivity contribution in [2.75, 3.05) is 16.0 Å². The standard InChI is InChI=1S/C23H26N2O2S/c1-15-11-12-20(16(2)13-15)25-21(26)14-28-23(25)18-9-5-6-10-19(18)24-22(27)17-7-3-4-8-17/h5-6,9-13,17,23H,3-4,7-8,14H2,1-2H3,(H,24,27)/t23-/m0/s1. The van der Waals surface area contributed by atoms with Crippen LogP contribution in [0.3, 0.4) is 0 Å². The van der Waals surface area contributed by atoms with Crippen molar-refractivity contribution in [2.45, 2.75) is 44.9 Å². The highest BCUT2D eigenvalue weighted by atomic mass is 32.2. The molecule has 4 rings (SSSR count). The second-order valence-corrected chi connectivity index (χ2v) is 8.84. The van der Waals surface area contributed by atoms with E-state index < -0.39 is 0 Å². The SMILES string of the molecule is Cc1ccc(N2C(=O)CS[C@H]2c2ccccc2NC(=O)C2CCCC2)c(C)c1. The van der Waals surface area contributed by atoms with Crippen molar-refractivity contribution < 1.29 is 9.59 Å². The quantitative estimate of drug-likeness (QED) is 0.774. The summed E-state index contributed by atoms with van der Waals surface area (Å²) in [4.78, 5) is 27.3. The maximum atomic E-state index is 12.8. The minimum atomic E-state index is -0.131. The lowest BCUT2D eigenvalue weighted by molar-refractivity contribution is -0.119. The molecule has 4 nitrogen and oxygen atoms in total. The van der Waals surface area contributed by atoms with E-state index in [1.807, 2.05) is 48.2 Å². The van der Waals surface area contributed by atoms with Gasteiger partial charge in [0, 0.05) is 22.9 Å². The third-order valence-electron chi connectivity index (χ3n) is 5.69. The van der Waals surface area contributed by atoms with E-state index in [2.05, 4.69) is 18.3 Å². The monoisotopic (exact) mass is 394 g/mol. The molecule has 0 aromatic heterocycles. The number of hydrogen-bond donors (Lipinski definition) is 1. The van der Waals surface area contributed by atoms with Gasteiger partial charge in [-0.05, 0) is 44.4 Å². The second-order valence-electron chi connectivity index (χ2n) is 7.77. The van der Waals surface area contributed by atoms with Crippen LogP contribution in [-0.4, -0.2) is 17.6 Å². The number of benzene rings is 2. The normalized spacial score (nSPS) is 20.0. The number of carbonyl (C=O) groups excluding carboxylic acids is 2. The molecule has 1 atom stereocenters. The lowest BCUT2D eigenvalue weighted by Crippen LogP contribution is -2.29. The first-order valence-electron chi connectivity index (χ1n) is 9.95. The van der Waals surface area contributed by atoms with Gasteiger partial charge >= 0.3 is 0 Å². The molecule has 1 N–H and O–H groups in total. The first-order chi connectivity index (χ1) is 13.5. The Labute approximate surface area is 170 Å². The Morgan fingerprint density at radius 2 is 1.86 bits per heavy atom. The van der Waals surface area contributed by atoms with Crippen molar-refractivity contribution in [3.05, 3.63) is 59.2 Å². The molecule has 2 fully saturated rings. The Morgan fingerprint density at radius 1 is 1.11 bits per heavy atom. The summed E-state index contributed by atoms with van der Waals surface area (Å²) in [7, 11) is 0. The third-order valence-corrected chi connectivity index (χ3v) is 6.88. The number of amides is 2. The van der Waals surface area contributed by atoms with E-state index in [0.717, 1.165) is 48.2 Å². The number of hydrogen-bond acceptors (Lipinski definition) is 3. The maximum Gasteiger partial charge on any atom is 0.238 e. The average molecular weight is 395 g/mol. The zero-order chi connectivity index (χ0) is 19.7. The van der Waals surface area contributed by atoms with Gasteiger partial charge < -0.3 is 5.32 Å². The van der Waals surface area contributed by atoms with Crippen molar-refractivity contribution in [1.82, 2.24) is 0 Å². The Morgan fingerprint density at radius 3 is 2.61 bits per heavy atom. The molecule has 0 spiro atoms. The van der Waals surface area contributed by atoms with Gasteiger partial charge in [-0.25, -0.2) is 0 Å². The molecule has 5 heteroatoms. The molecular formula is C23H26N2O2S. The highest BCUT2D eigenvalue weighted by Crippen LogP contribution is 2.45. The summed E-state index contributed by atoms with van der Waals surface area (Å²) in [6.45, 7) is 4.10. The fourth-order valence-electron chi connectivity index (χ4n) is 4.24. The number of aryl methyl sites for hydroxylation is 2. The van der Waals surface area contributed by atoms with Crippen LogP contribution in [0.15, 0.2) is 42.5 Å². The highest BCUT2D eigenvalue weighted by Gasteiger charge is 2.36. The zero-order valence-corrected chi connectivity index (χ0v) is 17.2. The summed E-state index contributed by atoms with van der Waals surface area (Å²) < 4.78 is 0. The van der Waals surface area contributed by atoms with E-state index in [4.69, 9.17) is 0 Å². The van der Waals surface area contributed by atoms with Crippen LogP contribution >= 0.6 is 11.8 Å². The van der Waals surface area contributed by atoms with Crippen molar-refractivity contribution in [3.8, 4) is 0 Å². The topological polar surface area (TPSA) is 49.4 Å². The molecule has 1 saturated heterocycles. The van der Waals surface area contributed by atoms with Gasteiger partial charge in [0.2, 0.25) is 11.8 Å². The van der Waals surface area contributed by atoms with Crippen molar-refractivity contribution >= 4 is 35.0 Å². The van der Waals surface area contributed by atoms with Crippen molar-refractivity contribution in [1.29, 1.82) is 0 Å². The van der Waals surface area contributed by atoms with E-state index in [9.17, 15) is 9.59 Å². The van der Waals surface area contributed by atoms with Gasteiger partial charge in [0.1, 0.15) is 5.37 Å². The maximum absolute atomic E-state index is 12.8. The number of rotatable bonds is 4. The van der Waals surface area contributed by atoms with E-state index in [1.165, 1.54) is 5.56 Å². The molecule has 0 unspecified atom stereocenters. The third kappa shape index (κ3) is 3.68. The number of para-hydroxylation sites is 1. The summed E-state index contributed by atoms with van der Waals surface area (Å²) in [5.41, 5.74) is 5.03. The first-order valence-corrected chi connectivity index (χ1v) is 11.0. The minimum Gasteiger partial charge on any atom is -0.325 e. The molecule has 2 amide bonds. The van der Waals surface area contributed by atoms with Crippen LogP contribution in [0.5, 0.6) is 0 Å². The fraction of sp³-hybridized carbons (Fsp3) is 0.391. The van der Waals surface area contributed by atoms with E-state index in [0.29, 0.717) is 5.75 Å². The summed E-state index contributed by atoms with van der Waals surface area (Å²) in [5, 5.41) is 3.02. The van der Waals surface area contributed by atoms with Gasteiger partial charge in [-0.1, -0.05) is 48.7 Å². The van der Waals surface area contributed by atoms with Crippen molar-refractivity contribution in [2.24, 2.45) is 5.92 Å². The predicted octanol–water partition coefficient (Wildman–Crippen LogP) is 5.21. The zero-order valence-electron chi connectivity index (χ0n) is 16.4.